The molecule has 2 fully saturated rings. The number of imidazole rings is 1. The molecule has 0 spiro atoms. The minimum atomic E-state index is -1.00. The Morgan fingerprint density at radius 3 is 2.23 bits per heavy atom. The van der Waals surface area contributed by atoms with Gasteiger partial charge in [0.1, 0.15) is 23.9 Å². The Labute approximate surface area is 349 Å². The Balaban J connectivity index is 1.13. The van der Waals surface area contributed by atoms with Crippen LogP contribution in [0.15, 0.2) is 72.9 Å². The molecule has 0 saturated carbocycles. The van der Waals surface area contributed by atoms with Crippen molar-refractivity contribution in [1.29, 1.82) is 0 Å². The van der Waals surface area contributed by atoms with Crippen molar-refractivity contribution in [2.75, 3.05) is 32.6 Å². The number of carbonyl (C=O) groups excluding carboxylic acids is 5. The summed E-state index contributed by atoms with van der Waals surface area (Å²) in [6, 6.07) is 18.5. The monoisotopic (exact) mass is 818 g/mol. The number of unbranched alkanes of at least 4 members (excludes halogenated alkanes) is 1. The molecule has 1 unspecified atom stereocenters. The van der Waals surface area contributed by atoms with Gasteiger partial charge in [-0.1, -0.05) is 75.7 Å². The third kappa shape index (κ3) is 8.52. The second-order valence-electron chi connectivity index (χ2n) is 15.8. The van der Waals surface area contributed by atoms with Gasteiger partial charge in [0.15, 0.2) is 0 Å². The highest BCUT2D eigenvalue weighted by atomic mass is 16.5. The number of fused-ring (bicyclic) bond motifs is 3. The number of nitrogens with one attached hydrogen (secondary N) is 4. The van der Waals surface area contributed by atoms with Crippen molar-refractivity contribution < 1.29 is 33.4 Å². The lowest BCUT2D eigenvalue weighted by molar-refractivity contribution is -0.138. The maximum atomic E-state index is 13.9. The van der Waals surface area contributed by atoms with Crippen LogP contribution < -0.4 is 16.0 Å². The number of methoxy groups -OCH3 is 2. The molecule has 4 atom stereocenters. The summed E-state index contributed by atoms with van der Waals surface area (Å²) in [6.45, 7) is 7.66. The zero-order valence-electron chi connectivity index (χ0n) is 34.8. The molecule has 2 aliphatic heterocycles. The average molecular weight is 819 g/mol. The zero-order valence-corrected chi connectivity index (χ0v) is 34.8. The van der Waals surface area contributed by atoms with Gasteiger partial charge in [-0.05, 0) is 61.8 Å². The lowest BCUT2D eigenvalue weighted by Crippen LogP contribution is -2.51. The first-order chi connectivity index (χ1) is 29.0. The number of benzene rings is 3. The van der Waals surface area contributed by atoms with Crippen LogP contribution in [0.25, 0.3) is 33.1 Å². The highest BCUT2D eigenvalue weighted by Gasteiger charge is 2.39. The predicted molar refractivity (Wildman–Crippen MR) is 228 cm³/mol. The summed E-state index contributed by atoms with van der Waals surface area (Å²) < 4.78 is 11.9. The highest BCUT2D eigenvalue weighted by molar-refractivity contribution is 6.10. The maximum absolute atomic E-state index is 13.9. The van der Waals surface area contributed by atoms with Crippen molar-refractivity contribution in [3.8, 4) is 11.3 Å². The van der Waals surface area contributed by atoms with Crippen LogP contribution in [0.1, 0.15) is 82.8 Å². The molecule has 60 heavy (non-hydrogen) atoms. The van der Waals surface area contributed by atoms with E-state index in [1.807, 2.05) is 44.3 Å². The molecule has 0 bridgehead atoms. The molecule has 316 valence electrons. The summed E-state index contributed by atoms with van der Waals surface area (Å²) in [7, 11) is 2.53. The molecule has 0 radical (unpaired) electrons. The molecule has 2 aromatic heterocycles. The van der Waals surface area contributed by atoms with E-state index in [9.17, 15) is 24.0 Å². The molecular formula is C45H54N8O7. The van der Waals surface area contributed by atoms with Gasteiger partial charge in [-0.2, -0.15) is 0 Å². The first-order valence-electron chi connectivity index (χ1n) is 20.8. The standard InChI is InChI=1S/C45H54N8O7/c1-6-7-21-51-36-24-29(33-26-46-40(48-33)34-15-11-22-52(34)42(55)38(27(2)3)49-44(57)59-4)17-19-31(36)32-20-18-30(25-37(32)51)47-41(54)35-16-12-23-53(35)43(56)39(50-45(58)60-5)28-13-9-8-10-14-28/h8-10,13-14,17-20,24-27,34-35,38-39H,6-7,11-12,15-16,21-23H2,1-5H3,(H,46,48)(H,47,54)(H,49,57)(H,50,58)/t34-,35-,38?,39+/m0/s1. The number of aromatic nitrogens is 3. The topological polar surface area (TPSA) is 180 Å². The number of aromatic amines is 1. The Kier molecular flexibility index (Phi) is 12.7. The van der Waals surface area contributed by atoms with E-state index in [1.54, 1.807) is 34.1 Å². The Bertz CT molecular complexity index is 2370. The first kappa shape index (κ1) is 41.8. The van der Waals surface area contributed by atoms with Crippen molar-refractivity contribution in [3.05, 3.63) is 84.3 Å². The third-order valence-corrected chi connectivity index (χ3v) is 11.7. The van der Waals surface area contributed by atoms with Gasteiger partial charge in [0, 0.05) is 53.4 Å². The molecule has 2 aliphatic rings. The highest BCUT2D eigenvalue weighted by Crippen LogP contribution is 2.36. The molecule has 4 heterocycles. The molecule has 15 heteroatoms. The number of likely N-dealkylation sites (tertiary alicyclic amines) is 2. The molecule has 0 aliphatic carbocycles. The normalized spacial score (nSPS) is 17.5. The van der Waals surface area contributed by atoms with E-state index in [0.717, 1.165) is 65.3 Å². The van der Waals surface area contributed by atoms with Gasteiger partial charge in [-0.25, -0.2) is 14.6 Å². The van der Waals surface area contributed by atoms with Gasteiger partial charge in [0.05, 0.1) is 31.5 Å². The van der Waals surface area contributed by atoms with Crippen LogP contribution >= 0.6 is 0 Å². The fourth-order valence-electron chi connectivity index (χ4n) is 8.54. The van der Waals surface area contributed by atoms with E-state index < -0.39 is 30.3 Å². The minimum absolute atomic E-state index is 0.131. The summed E-state index contributed by atoms with van der Waals surface area (Å²) in [6.07, 6.45) is 5.16. The number of carbonyl (C=O) groups is 5. The largest absolute Gasteiger partial charge is 0.453 e. The molecule has 5 amide bonds. The average Bonchev–Trinajstić information content (AvgIpc) is 4.09. The Hall–Kier alpha value is -6.38. The van der Waals surface area contributed by atoms with Gasteiger partial charge in [-0.15, -0.1) is 0 Å². The van der Waals surface area contributed by atoms with E-state index in [1.165, 1.54) is 14.2 Å². The predicted octanol–water partition coefficient (Wildman–Crippen LogP) is 7.06. The van der Waals surface area contributed by atoms with E-state index in [2.05, 4.69) is 50.6 Å². The van der Waals surface area contributed by atoms with Crippen LogP contribution in [-0.4, -0.2) is 93.6 Å². The second kappa shape index (κ2) is 18.3. The summed E-state index contributed by atoms with van der Waals surface area (Å²) in [5, 5.41) is 10.6. The molecule has 5 aromatic rings. The number of ether oxygens (including phenoxy) is 2. The number of H-pyrrole nitrogens is 1. The lowest BCUT2D eigenvalue weighted by Gasteiger charge is -2.29. The van der Waals surface area contributed by atoms with Crippen LogP contribution in [0.4, 0.5) is 15.3 Å². The quantitative estimate of drug-likeness (QED) is 0.0976. The Morgan fingerprint density at radius 1 is 0.833 bits per heavy atom. The van der Waals surface area contributed by atoms with Gasteiger partial charge in [0.25, 0.3) is 5.91 Å². The molecular weight excluding hydrogens is 765 g/mol. The van der Waals surface area contributed by atoms with Crippen molar-refractivity contribution in [3.63, 3.8) is 0 Å². The van der Waals surface area contributed by atoms with Crippen molar-refractivity contribution in [2.24, 2.45) is 5.92 Å². The van der Waals surface area contributed by atoms with Gasteiger partial charge < -0.3 is 44.8 Å². The summed E-state index contributed by atoms with van der Waals surface area (Å²) in [4.78, 5) is 77.6. The second-order valence-corrected chi connectivity index (χ2v) is 15.8. The van der Waals surface area contributed by atoms with Crippen LogP contribution in [-0.2, 0) is 30.4 Å². The number of amides is 5. The van der Waals surface area contributed by atoms with Crippen molar-refractivity contribution >= 4 is 57.4 Å². The van der Waals surface area contributed by atoms with Crippen LogP contribution in [0.3, 0.4) is 0 Å². The van der Waals surface area contributed by atoms with Crippen LogP contribution in [0.2, 0.25) is 0 Å². The van der Waals surface area contributed by atoms with Crippen molar-refractivity contribution in [2.45, 2.75) is 90.0 Å². The number of hydrogen-bond acceptors (Lipinski definition) is 8. The van der Waals surface area contributed by atoms with Gasteiger partial charge in [0.2, 0.25) is 11.8 Å². The smallest absolute Gasteiger partial charge is 0.407 e. The van der Waals surface area contributed by atoms with Gasteiger partial charge >= 0.3 is 12.2 Å². The van der Waals surface area contributed by atoms with E-state index in [-0.39, 0.29) is 29.7 Å². The zero-order chi connectivity index (χ0) is 42.5. The van der Waals surface area contributed by atoms with Crippen molar-refractivity contribution in [1.82, 2.24) is 35.0 Å². The summed E-state index contributed by atoms with van der Waals surface area (Å²) in [5.41, 5.74) is 4.90. The maximum Gasteiger partial charge on any atom is 0.407 e. The summed E-state index contributed by atoms with van der Waals surface area (Å²) in [5.74, 6) is -0.262. The van der Waals surface area contributed by atoms with E-state index >= 15 is 0 Å². The number of aryl methyl sites for hydroxylation is 1. The molecule has 3 aromatic carbocycles. The van der Waals surface area contributed by atoms with Crippen LogP contribution in [0, 0.1) is 5.92 Å². The van der Waals surface area contributed by atoms with Gasteiger partial charge in [-0.3, -0.25) is 14.4 Å². The summed E-state index contributed by atoms with van der Waals surface area (Å²) >= 11 is 0. The Morgan fingerprint density at radius 2 is 1.52 bits per heavy atom. The fourth-order valence-corrected chi connectivity index (χ4v) is 8.54. The van der Waals surface area contributed by atoms with E-state index in [0.29, 0.717) is 43.0 Å². The number of nitrogens with zero attached hydrogens (tertiary/aromatic N) is 4. The first-order valence-corrected chi connectivity index (χ1v) is 20.8. The SMILES string of the molecule is CCCCn1c2cc(NC(=O)[C@@H]3CCCN3C(=O)[C@H](NC(=O)OC)c3ccccc3)ccc2c2ccc(-c3c[nH]c([C@@H]4CCCN4C(=O)C(NC(=O)OC)C(C)C)n3)cc21. The molecule has 4 N–H and O–H groups in total. The lowest BCUT2D eigenvalue weighted by atomic mass is 10.0. The molecule has 15 nitrogen and oxygen atoms in total. The fraction of sp³-hybridized carbons (Fsp3) is 0.422. The molecule has 7 rings (SSSR count). The number of rotatable bonds is 13. The number of anilines is 1. The number of hydrogen-bond donors (Lipinski definition) is 4. The third-order valence-electron chi connectivity index (χ3n) is 11.7. The molecule has 2 saturated heterocycles. The van der Waals surface area contributed by atoms with E-state index in [4.69, 9.17) is 14.5 Å². The number of alkyl carbamates (subject to hydrolysis) is 2. The van der Waals surface area contributed by atoms with Crippen LogP contribution in [0.5, 0.6) is 0 Å². The minimum Gasteiger partial charge on any atom is -0.453 e.